The zero-order valence-electron chi connectivity index (χ0n) is 16.5. The summed E-state index contributed by atoms with van der Waals surface area (Å²) in [4.78, 5) is 35.2. The van der Waals surface area contributed by atoms with Crippen LogP contribution in [0.3, 0.4) is 0 Å². The summed E-state index contributed by atoms with van der Waals surface area (Å²) in [5, 5.41) is 0. The van der Waals surface area contributed by atoms with Gasteiger partial charge in [0.15, 0.2) is 0 Å². The van der Waals surface area contributed by atoms with Gasteiger partial charge in [-0.15, -0.1) is 0 Å². The van der Waals surface area contributed by atoms with E-state index >= 15 is 0 Å². The summed E-state index contributed by atoms with van der Waals surface area (Å²) in [6.07, 6.45) is 8.05. The maximum Gasteiger partial charge on any atom is 0.320 e. The minimum atomic E-state index is -0.476. The number of primary amides is 1. The number of piperidine rings is 1. The summed E-state index contributed by atoms with van der Waals surface area (Å²) in [5.74, 6) is 0.738. The van der Waals surface area contributed by atoms with Gasteiger partial charge in [0.25, 0.3) is 0 Å². The van der Waals surface area contributed by atoms with Crippen LogP contribution in [0.5, 0.6) is 0 Å². The number of amides is 3. The number of urea groups is 1. The lowest BCUT2D eigenvalue weighted by Crippen LogP contribution is -2.42. The van der Waals surface area contributed by atoms with Gasteiger partial charge in [0, 0.05) is 56.3 Å². The summed E-state index contributed by atoms with van der Waals surface area (Å²) in [7, 11) is 0. The SMILES string of the molecule is CC(=O)N1CCCC(OCc2cncc(-c3cnc4c(c3)CCN4C(N)=O)c2)C1. The van der Waals surface area contributed by atoms with E-state index in [1.54, 1.807) is 25.5 Å². The number of carbonyl (C=O) groups is 2. The van der Waals surface area contributed by atoms with E-state index in [2.05, 4.69) is 9.97 Å². The number of nitrogens with zero attached hydrogens (tertiary/aromatic N) is 4. The third-order valence-corrected chi connectivity index (χ3v) is 5.51. The molecule has 0 aromatic carbocycles. The van der Waals surface area contributed by atoms with Gasteiger partial charge in [-0.2, -0.15) is 0 Å². The number of pyridine rings is 2. The molecule has 0 radical (unpaired) electrons. The first kappa shape index (κ1) is 19.3. The van der Waals surface area contributed by atoms with Gasteiger partial charge < -0.3 is 15.4 Å². The van der Waals surface area contributed by atoms with Crippen LogP contribution in [0.15, 0.2) is 30.7 Å². The average molecular weight is 395 g/mol. The normalized spacial score (nSPS) is 18.6. The van der Waals surface area contributed by atoms with Gasteiger partial charge in [-0.05, 0) is 42.5 Å². The Bertz CT molecular complexity index is 932. The summed E-state index contributed by atoms with van der Waals surface area (Å²) in [5.41, 5.74) is 9.29. The van der Waals surface area contributed by atoms with Crippen LogP contribution in [0.4, 0.5) is 10.6 Å². The summed E-state index contributed by atoms with van der Waals surface area (Å²) in [6.45, 7) is 4.07. The molecule has 1 unspecified atom stereocenters. The topological polar surface area (TPSA) is 102 Å². The van der Waals surface area contributed by atoms with Gasteiger partial charge in [-0.3, -0.25) is 14.7 Å². The second-order valence-corrected chi connectivity index (χ2v) is 7.57. The van der Waals surface area contributed by atoms with Crippen molar-refractivity contribution in [3.8, 4) is 11.1 Å². The Morgan fingerprint density at radius 1 is 1.21 bits per heavy atom. The van der Waals surface area contributed by atoms with Crippen molar-refractivity contribution in [1.82, 2.24) is 14.9 Å². The lowest BCUT2D eigenvalue weighted by atomic mass is 10.1. The molecule has 29 heavy (non-hydrogen) atoms. The number of hydrogen-bond donors (Lipinski definition) is 1. The van der Waals surface area contributed by atoms with Crippen LogP contribution in [0.25, 0.3) is 11.1 Å². The summed E-state index contributed by atoms with van der Waals surface area (Å²) in [6, 6.07) is 3.61. The van der Waals surface area contributed by atoms with Gasteiger partial charge in [-0.25, -0.2) is 9.78 Å². The number of likely N-dealkylation sites (tertiary alicyclic amines) is 1. The van der Waals surface area contributed by atoms with Gasteiger partial charge in [0.1, 0.15) is 5.82 Å². The molecule has 152 valence electrons. The van der Waals surface area contributed by atoms with Crippen LogP contribution in [0.1, 0.15) is 30.9 Å². The first-order chi connectivity index (χ1) is 14.0. The van der Waals surface area contributed by atoms with Crippen molar-refractivity contribution in [2.75, 3.05) is 24.5 Å². The van der Waals surface area contributed by atoms with Crippen molar-refractivity contribution < 1.29 is 14.3 Å². The van der Waals surface area contributed by atoms with E-state index in [4.69, 9.17) is 10.5 Å². The number of anilines is 1. The Hall–Kier alpha value is -3.00. The molecule has 0 saturated carbocycles. The monoisotopic (exact) mass is 395 g/mol. The molecule has 3 amide bonds. The van der Waals surface area contributed by atoms with Crippen molar-refractivity contribution in [2.45, 2.75) is 38.9 Å². The fourth-order valence-electron chi connectivity index (χ4n) is 3.94. The predicted octanol–water partition coefficient (Wildman–Crippen LogP) is 2.11. The maximum atomic E-state index is 11.6. The average Bonchev–Trinajstić information content (AvgIpc) is 3.16. The van der Waals surface area contributed by atoms with E-state index in [0.29, 0.717) is 25.5 Å². The molecule has 2 aliphatic rings. The fraction of sp³-hybridized carbons (Fsp3) is 0.429. The first-order valence-electron chi connectivity index (χ1n) is 9.88. The zero-order valence-corrected chi connectivity index (χ0v) is 16.5. The molecule has 0 bridgehead atoms. The largest absolute Gasteiger partial charge is 0.372 e. The zero-order chi connectivity index (χ0) is 20.4. The van der Waals surface area contributed by atoms with Crippen molar-refractivity contribution in [3.05, 3.63) is 41.9 Å². The van der Waals surface area contributed by atoms with Crippen molar-refractivity contribution >= 4 is 17.8 Å². The van der Waals surface area contributed by atoms with Gasteiger partial charge in [0.05, 0.1) is 12.7 Å². The van der Waals surface area contributed by atoms with E-state index in [0.717, 1.165) is 48.1 Å². The quantitative estimate of drug-likeness (QED) is 0.854. The number of ether oxygens (including phenoxy) is 1. The van der Waals surface area contributed by atoms with Crippen LogP contribution in [0, 0.1) is 0 Å². The number of fused-ring (bicyclic) bond motifs is 1. The molecule has 1 saturated heterocycles. The molecular weight excluding hydrogens is 370 g/mol. The van der Waals surface area contributed by atoms with Gasteiger partial charge >= 0.3 is 6.03 Å². The molecule has 1 fully saturated rings. The Balaban J connectivity index is 1.44. The second-order valence-electron chi connectivity index (χ2n) is 7.57. The molecular formula is C21H25N5O3. The highest BCUT2D eigenvalue weighted by Gasteiger charge is 2.25. The van der Waals surface area contributed by atoms with E-state index in [1.807, 2.05) is 17.0 Å². The van der Waals surface area contributed by atoms with Crippen molar-refractivity contribution in [1.29, 1.82) is 0 Å². The molecule has 1 atom stereocenters. The molecule has 0 aliphatic carbocycles. The number of hydrogen-bond acceptors (Lipinski definition) is 5. The summed E-state index contributed by atoms with van der Waals surface area (Å²) < 4.78 is 6.05. The number of carbonyl (C=O) groups excluding carboxylic acids is 2. The minimum Gasteiger partial charge on any atom is -0.372 e. The van der Waals surface area contributed by atoms with Crippen LogP contribution >= 0.6 is 0 Å². The summed E-state index contributed by atoms with van der Waals surface area (Å²) >= 11 is 0. The second kappa shape index (κ2) is 8.16. The third-order valence-electron chi connectivity index (χ3n) is 5.51. The van der Waals surface area contributed by atoms with E-state index < -0.39 is 6.03 Å². The smallest absolute Gasteiger partial charge is 0.320 e. The van der Waals surface area contributed by atoms with E-state index in [9.17, 15) is 9.59 Å². The number of aromatic nitrogens is 2. The highest BCUT2D eigenvalue weighted by atomic mass is 16.5. The highest BCUT2D eigenvalue weighted by molar-refractivity contribution is 5.92. The molecule has 2 aromatic heterocycles. The van der Waals surface area contributed by atoms with Crippen LogP contribution in [0.2, 0.25) is 0 Å². The highest BCUT2D eigenvalue weighted by Crippen LogP contribution is 2.30. The molecule has 2 aliphatic heterocycles. The van der Waals surface area contributed by atoms with Crippen LogP contribution < -0.4 is 10.6 Å². The minimum absolute atomic E-state index is 0.0535. The molecule has 2 N–H and O–H groups in total. The van der Waals surface area contributed by atoms with E-state index in [-0.39, 0.29) is 12.0 Å². The lowest BCUT2D eigenvalue weighted by molar-refractivity contribution is -0.133. The Morgan fingerprint density at radius 2 is 2.03 bits per heavy atom. The van der Waals surface area contributed by atoms with Gasteiger partial charge in [-0.1, -0.05) is 0 Å². The van der Waals surface area contributed by atoms with Crippen LogP contribution in [-0.4, -0.2) is 52.5 Å². The number of nitrogens with two attached hydrogens (primary N) is 1. The maximum absolute atomic E-state index is 11.6. The standard InChI is InChI=1S/C21H25N5O3/c1-14(27)25-5-2-3-19(12-25)29-13-15-7-17(10-23-9-15)18-8-16-4-6-26(21(22)28)20(16)24-11-18/h7-11,19H,2-6,12-13H2,1H3,(H2,22,28). The number of rotatable bonds is 4. The Labute approximate surface area is 169 Å². The molecule has 2 aromatic rings. The Kier molecular flexibility index (Phi) is 5.44. The Morgan fingerprint density at radius 3 is 2.83 bits per heavy atom. The third kappa shape index (κ3) is 4.22. The molecule has 0 spiro atoms. The van der Waals surface area contributed by atoms with Crippen molar-refractivity contribution in [3.63, 3.8) is 0 Å². The van der Waals surface area contributed by atoms with Crippen LogP contribution in [-0.2, 0) is 22.6 Å². The molecule has 8 nitrogen and oxygen atoms in total. The molecule has 8 heteroatoms. The molecule has 4 heterocycles. The fourth-order valence-corrected chi connectivity index (χ4v) is 3.94. The van der Waals surface area contributed by atoms with Crippen molar-refractivity contribution in [2.24, 2.45) is 5.73 Å². The predicted molar refractivity (Wildman–Crippen MR) is 108 cm³/mol. The molecule has 4 rings (SSSR count). The van der Waals surface area contributed by atoms with Gasteiger partial charge in [0.2, 0.25) is 5.91 Å². The van der Waals surface area contributed by atoms with E-state index in [1.165, 1.54) is 4.90 Å². The lowest BCUT2D eigenvalue weighted by Gasteiger charge is -2.32. The first-order valence-corrected chi connectivity index (χ1v) is 9.88.